The fraction of sp³-hybridized carbons (Fsp3) is 0.200. The van der Waals surface area contributed by atoms with Crippen LogP contribution < -0.4 is 0 Å². The predicted molar refractivity (Wildman–Crippen MR) is 94.3 cm³/mol. The Morgan fingerprint density at radius 1 is 1.32 bits per heavy atom. The van der Waals surface area contributed by atoms with E-state index < -0.39 is 22.6 Å². The summed E-state index contributed by atoms with van der Waals surface area (Å²) in [5, 5.41) is 19.2. The molecule has 0 spiro atoms. The number of nitrogens with zero attached hydrogens (tertiary/aromatic N) is 2. The molecule has 2 rings (SSSR count). The Kier molecular flexibility index (Phi) is 5.99. The summed E-state index contributed by atoms with van der Waals surface area (Å²) in [7, 11) is 0. The lowest BCUT2D eigenvalue weighted by molar-refractivity contribution is -0.384. The number of rotatable bonds is 7. The van der Waals surface area contributed by atoms with Gasteiger partial charge in [0.1, 0.15) is 4.32 Å². The molecule has 0 aliphatic carbocycles. The van der Waals surface area contributed by atoms with Gasteiger partial charge in [0.25, 0.3) is 11.6 Å². The molecule has 25 heavy (non-hydrogen) atoms. The smallest absolute Gasteiger partial charge is 0.303 e. The number of hydrogen-bond donors (Lipinski definition) is 1. The number of nitro groups is 1. The summed E-state index contributed by atoms with van der Waals surface area (Å²) in [5.41, 5.74) is 0.0723. The Hall–Kier alpha value is -2.59. The molecule has 1 aliphatic rings. The van der Waals surface area contributed by atoms with Gasteiger partial charge in [-0.1, -0.05) is 24.0 Å². The number of benzene rings is 1. The Morgan fingerprint density at radius 3 is 2.52 bits per heavy atom. The highest BCUT2D eigenvalue weighted by molar-refractivity contribution is 8.26. The van der Waals surface area contributed by atoms with Crippen molar-refractivity contribution in [3.8, 4) is 0 Å². The predicted octanol–water partition coefficient (Wildman–Crippen LogP) is 2.39. The first-order chi connectivity index (χ1) is 11.8. The first kappa shape index (κ1) is 18.7. The molecular weight excluding hydrogens is 368 g/mol. The molecule has 8 nitrogen and oxygen atoms in total. The van der Waals surface area contributed by atoms with E-state index in [9.17, 15) is 24.5 Å². The molecule has 1 fully saturated rings. The van der Waals surface area contributed by atoms with Crippen molar-refractivity contribution in [3.63, 3.8) is 0 Å². The van der Waals surface area contributed by atoms with E-state index >= 15 is 0 Å². The molecule has 1 aromatic carbocycles. The molecule has 0 saturated carbocycles. The Morgan fingerprint density at radius 2 is 1.96 bits per heavy atom. The van der Waals surface area contributed by atoms with Crippen LogP contribution >= 0.6 is 24.0 Å². The number of ketones is 1. The van der Waals surface area contributed by atoms with Crippen LogP contribution in [0.2, 0.25) is 0 Å². The third-order valence-electron chi connectivity index (χ3n) is 3.27. The number of aliphatic carboxylic acids is 1. The molecule has 130 valence electrons. The van der Waals surface area contributed by atoms with Crippen molar-refractivity contribution in [2.75, 3.05) is 6.54 Å². The second-order valence-electron chi connectivity index (χ2n) is 5.00. The Balaban J connectivity index is 2.08. The van der Waals surface area contributed by atoms with Crippen molar-refractivity contribution >= 4 is 51.6 Å². The number of carboxylic acids is 1. The second kappa shape index (κ2) is 7.99. The van der Waals surface area contributed by atoms with Crippen molar-refractivity contribution in [2.24, 2.45) is 0 Å². The summed E-state index contributed by atoms with van der Waals surface area (Å²) in [6, 6.07) is 5.03. The van der Waals surface area contributed by atoms with Crippen LogP contribution in [0.1, 0.15) is 23.2 Å². The van der Waals surface area contributed by atoms with Gasteiger partial charge in [0.05, 0.1) is 9.83 Å². The van der Waals surface area contributed by atoms with Crippen LogP contribution in [-0.4, -0.2) is 43.5 Å². The molecule has 0 bridgehead atoms. The van der Waals surface area contributed by atoms with Crippen LogP contribution in [0.4, 0.5) is 5.69 Å². The number of non-ortho nitro benzene ring substituents is 1. The van der Waals surface area contributed by atoms with E-state index in [0.29, 0.717) is 0 Å². The zero-order valence-electron chi connectivity index (χ0n) is 12.7. The summed E-state index contributed by atoms with van der Waals surface area (Å²) in [4.78, 5) is 46.4. The number of allylic oxidation sites excluding steroid dienone is 1. The molecule has 0 unspecified atom stereocenters. The average Bonchev–Trinajstić information content (AvgIpc) is 2.82. The number of amides is 1. The topological polar surface area (TPSA) is 118 Å². The first-order valence-electron chi connectivity index (χ1n) is 7.05. The van der Waals surface area contributed by atoms with Crippen molar-refractivity contribution in [3.05, 3.63) is 50.9 Å². The summed E-state index contributed by atoms with van der Waals surface area (Å²) in [6.07, 6.45) is 1.31. The maximum Gasteiger partial charge on any atom is 0.303 e. The Labute approximate surface area is 151 Å². The minimum absolute atomic E-state index is 0.0855. The van der Waals surface area contributed by atoms with Gasteiger partial charge in [-0.15, -0.1) is 0 Å². The van der Waals surface area contributed by atoms with E-state index in [1.807, 2.05) is 0 Å². The fourth-order valence-electron chi connectivity index (χ4n) is 2.03. The van der Waals surface area contributed by atoms with E-state index in [-0.39, 0.29) is 39.9 Å². The third kappa shape index (κ3) is 4.70. The van der Waals surface area contributed by atoms with Crippen LogP contribution in [0.15, 0.2) is 35.2 Å². The largest absolute Gasteiger partial charge is 0.481 e. The summed E-state index contributed by atoms with van der Waals surface area (Å²) >= 11 is 6.05. The fourth-order valence-corrected chi connectivity index (χ4v) is 3.31. The highest BCUT2D eigenvalue weighted by Gasteiger charge is 2.32. The lowest BCUT2D eigenvalue weighted by Crippen LogP contribution is -2.29. The van der Waals surface area contributed by atoms with Gasteiger partial charge >= 0.3 is 5.97 Å². The lowest BCUT2D eigenvalue weighted by Gasteiger charge is -2.13. The first-order valence-corrected chi connectivity index (χ1v) is 8.28. The van der Waals surface area contributed by atoms with Gasteiger partial charge in [-0.25, -0.2) is 0 Å². The van der Waals surface area contributed by atoms with Crippen LogP contribution in [0, 0.1) is 10.1 Å². The quantitative estimate of drug-likeness (QED) is 0.252. The van der Waals surface area contributed by atoms with Crippen LogP contribution in [0.25, 0.3) is 0 Å². The molecular formula is C15H12N2O6S2. The Bertz CT molecular complexity index is 788. The minimum Gasteiger partial charge on any atom is -0.481 e. The number of thioether (sulfide) groups is 1. The van der Waals surface area contributed by atoms with Crippen molar-refractivity contribution in [1.82, 2.24) is 4.90 Å². The molecule has 1 aliphatic heterocycles. The highest BCUT2D eigenvalue weighted by atomic mass is 32.2. The maximum atomic E-state index is 12.3. The molecule has 1 amide bonds. The van der Waals surface area contributed by atoms with Gasteiger partial charge in [0.15, 0.2) is 5.78 Å². The molecule has 1 heterocycles. The zero-order valence-corrected chi connectivity index (χ0v) is 14.3. The molecule has 1 N–H and O–H groups in total. The summed E-state index contributed by atoms with van der Waals surface area (Å²) < 4.78 is 0.262. The third-order valence-corrected chi connectivity index (χ3v) is 4.65. The van der Waals surface area contributed by atoms with E-state index in [0.717, 1.165) is 17.8 Å². The highest BCUT2D eigenvalue weighted by Crippen LogP contribution is 2.31. The molecule has 0 aromatic heterocycles. The lowest BCUT2D eigenvalue weighted by atomic mass is 10.1. The SMILES string of the molecule is O=C(O)CCCN1C(=O)C(=CC(=O)c2ccc([N+](=O)[O-])cc2)SC1=S. The minimum atomic E-state index is -0.964. The normalized spacial score (nSPS) is 15.7. The maximum absolute atomic E-state index is 12.3. The van der Waals surface area contributed by atoms with Crippen LogP contribution in [0.3, 0.4) is 0 Å². The number of carbonyl (C=O) groups is 3. The number of carboxylic acid groups (broad SMARTS) is 1. The van der Waals surface area contributed by atoms with Crippen molar-refractivity contribution < 1.29 is 24.4 Å². The number of nitro benzene ring substituents is 1. The van der Waals surface area contributed by atoms with E-state index in [1.54, 1.807) is 0 Å². The molecule has 0 radical (unpaired) electrons. The van der Waals surface area contributed by atoms with E-state index in [1.165, 1.54) is 29.2 Å². The monoisotopic (exact) mass is 380 g/mol. The molecule has 10 heteroatoms. The molecule has 0 atom stereocenters. The van der Waals surface area contributed by atoms with Gasteiger partial charge in [0, 0.05) is 36.7 Å². The van der Waals surface area contributed by atoms with Crippen molar-refractivity contribution in [2.45, 2.75) is 12.8 Å². The van der Waals surface area contributed by atoms with Gasteiger partial charge in [0.2, 0.25) is 0 Å². The number of carbonyl (C=O) groups excluding carboxylic acids is 2. The van der Waals surface area contributed by atoms with Crippen molar-refractivity contribution in [1.29, 1.82) is 0 Å². The molecule has 1 saturated heterocycles. The van der Waals surface area contributed by atoms with Gasteiger partial charge in [-0.05, 0) is 18.6 Å². The average molecular weight is 380 g/mol. The van der Waals surface area contributed by atoms with Gasteiger partial charge < -0.3 is 5.11 Å². The standard InChI is InChI=1S/C15H12N2O6S2/c18-11(9-3-5-10(6-4-9)17(22)23)8-12-14(21)16(15(24)25-12)7-1-2-13(19)20/h3-6,8H,1-2,7H2,(H,19,20). The van der Waals surface area contributed by atoms with Gasteiger partial charge in [-0.2, -0.15) is 0 Å². The van der Waals surface area contributed by atoms with E-state index in [4.69, 9.17) is 17.3 Å². The summed E-state index contributed by atoms with van der Waals surface area (Å²) in [5.74, 6) is -1.88. The zero-order chi connectivity index (χ0) is 18.6. The van der Waals surface area contributed by atoms with Crippen LogP contribution in [0.5, 0.6) is 0 Å². The second-order valence-corrected chi connectivity index (χ2v) is 6.67. The summed E-state index contributed by atoms with van der Waals surface area (Å²) in [6.45, 7) is 0.167. The number of thiocarbonyl (C=S) groups is 1. The van der Waals surface area contributed by atoms with Gasteiger partial charge in [-0.3, -0.25) is 29.4 Å². The van der Waals surface area contributed by atoms with E-state index in [2.05, 4.69) is 0 Å². The molecule has 1 aromatic rings. The number of hydrogen-bond acceptors (Lipinski definition) is 7. The van der Waals surface area contributed by atoms with Crippen LogP contribution in [-0.2, 0) is 9.59 Å².